The third-order valence-electron chi connectivity index (χ3n) is 3.45. The molecule has 1 unspecified atom stereocenters. The maximum atomic E-state index is 12.6. The average molecular weight is 325 g/mol. The molecule has 0 aliphatic rings. The van der Waals surface area contributed by atoms with E-state index in [1.165, 1.54) is 16.4 Å². The van der Waals surface area contributed by atoms with Gasteiger partial charge in [0.1, 0.15) is 0 Å². The summed E-state index contributed by atoms with van der Waals surface area (Å²) in [7, 11) is -2.01. The van der Waals surface area contributed by atoms with Crippen LogP contribution in [0.4, 0.5) is 5.69 Å². The van der Waals surface area contributed by atoms with Gasteiger partial charge in [-0.05, 0) is 48.9 Å². The Bertz CT molecular complexity index is 712. The van der Waals surface area contributed by atoms with Crippen LogP contribution in [0.3, 0.4) is 0 Å². The van der Waals surface area contributed by atoms with Crippen LogP contribution in [-0.2, 0) is 10.0 Å². The highest BCUT2D eigenvalue weighted by Gasteiger charge is 2.26. The fraction of sp³-hybridized carbons (Fsp3) is 0.200. The van der Waals surface area contributed by atoms with Crippen LogP contribution >= 0.6 is 11.6 Å². The van der Waals surface area contributed by atoms with Crippen molar-refractivity contribution in [2.24, 2.45) is 0 Å². The lowest BCUT2D eigenvalue weighted by molar-refractivity contribution is 0.398. The lowest BCUT2D eigenvalue weighted by atomic mass is 10.1. The molecule has 4 nitrogen and oxygen atoms in total. The Balaban J connectivity index is 2.31. The molecular formula is C15H17ClN2O2S. The molecule has 2 rings (SSSR count). The van der Waals surface area contributed by atoms with Gasteiger partial charge in [-0.25, -0.2) is 8.42 Å². The molecule has 21 heavy (non-hydrogen) atoms. The van der Waals surface area contributed by atoms with Crippen molar-refractivity contribution in [2.45, 2.75) is 17.9 Å². The molecular weight excluding hydrogens is 308 g/mol. The maximum absolute atomic E-state index is 12.6. The number of hydrogen-bond acceptors (Lipinski definition) is 3. The quantitative estimate of drug-likeness (QED) is 0.878. The second kappa shape index (κ2) is 6.05. The second-order valence-electron chi connectivity index (χ2n) is 4.82. The second-order valence-corrected chi connectivity index (χ2v) is 7.25. The van der Waals surface area contributed by atoms with Gasteiger partial charge in [-0.15, -0.1) is 0 Å². The molecule has 0 saturated carbocycles. The van der Waals surface area contributed by atoms with Gasteiger partial charge in [0.15, 0.2) is 0 Å². The number of rotatable bonds is 4. The van der Waals surface area contributed by atoms with Crippen molar-refractivity contribution in [1.82, 2.24) is 4.31 Å². The topological polar surface area (TPSA) is 63.4 Å². The Kier molecular flexibility index (Phi) is 4.56. The van der Waals surface area contributed by atoms with E-state index in [0.29, 0.717) is 10.7 Å². The van der Waals surface area contributed by atoms with Gasteiger partial charge in [0, 0.05) is 23.8 Å². The van der Waals surface area contributed by atoms with Crippen LogP contribution in [0.15, 0.2) is 53.4 Å². The number of benzene rings is 2. The molecule has 0 aliphatic carbocycles. The normalized spacial score (nSPS) is 13.3. The predicted octanol–water partition coefficient (Wildman–Crippen LogP) is 3.30. The summed E-state index contributed by atoms with van der Waals surface area (Å²) < 4.78 is 26.5. The van der Waals surface area contributed by atoms with Gasteiger partial charge < -0.3 is 5.73 Å². The minimum atomic E-state index is -3.57. The summed E-state index contributed by atoms with van der Waals surface area (Å²) in [5, 5.41) is 0.620. The van der Waals surface area contributed by atoms with Gasteiger partial charge in [-0.3, -0.25) is 0 Å². The van der Waals surface area contributed by atoms with Gasteiger partial charge in [-0.1, -0.05) is 23.7 Å². The Hall–Kier alpha value is -1.56. The van der Waals surface area contributed by atoms with E-state index in [-0.39, 0.29) is 10.9 Å². The van der Waals surface area contributed by atoms with Crippen LogP contribution in [0.5, 0.6) is 0 Å². The molecule has 0 aliphatic heterocycles. The highest BCUT2D eigenvalue weighted by Crippen LogP contribution is 2.26. The van der Waals surface area contributed by atoms with Gasteiger partial charge in [-0.2, -0.15) is 4.31 Å². The monoisotopic (exact) mass is 324 g/mol. The fourth-order valence-corrected chi connectivity index (χ4v) is 3.44. The molecule has 0 heterocycles. The first-order valence-corrected chi connectivity index (χ1v) is 8.23. The average Bonchev–Trinajstić information content (AvgIpc) is 2.47. The molecule has 2 aromatic carbocycles. The van der Waals surface area contributed by atoms with Crippen molar-refractivity contribution in [1.29, 1.82) is 0 Å². The van der Waals surface area contributed by atoms with Crippen molar-refractivity contribution < 1.29 is 8.42 Å². The molecule has 0 aromatic heterocycles. The zero-order valence-electron chi connectivity index (χ0n) is 11.8. The molecule has 2 aromatic rings. The predicted molar refractivity (Wildman–Crippen MR) is 85.7 cm³/mol. The Morgan fingerprint density at radius 2 is 1.57 bits per heavy atom. The Morgan fingerprint density at radius 1 is 1.05 bits per heavy atom. The maximum Gasteiger partial charge on any atom is 0.243 e. The fourth-order valence-electron chi connectivity index (χ4n) is 1.97. The third-order valence-corrected chi connectivity index (χ3v) is 5.65. The van der Waals surface area contributed by atoms with Crippen LogP contribution in [0.25, 0.3) is 0 Å². The highest BCUT2D eigenvalue weighted by atomic mass is 35.5. The molecule has 0 saturated heterocycles. The lowest BCUT2D eigenvalue weighted by Crippen LogP contribution is -2.29. The van der Waals surface area contributed by atoms with Crippen molar-refractivity contribution in [3.63, 3.8) is 0 Å². The van der Waals surface area contributed by atoms with Gasteiger partial charge in [0.05, 0.1) is 4.90 Å². The number of anilines is 1. The Labute approximate surface area is 130 Å². The molecule has 0 amide bonds. The molecule has 1 atom stereocenters. The smallest absolute Gasteiger partial charge is 0.243 e. The van der Waals surface area contributed by atoms with Crippen LogP contribution in [0.1, 0.15) is 18.5 Å². The zero-order chi connectivity index (χ0) is 15.6. The zero-order valence-corrected chi connectivity index (χ0v) is 13.4. The molecule has 0 fully saturated rings. The molecule has 0 radical (unpaired) electrons. The summed E-state index contributed by atoms with van der Waals surface area (Å²) in [6.45, 7) is 1.83. The summed E-state index contributed by atoms with van der Waals surface area (Å²) in [6.07, 6.45) is 0. The van der Waals surface area contributed by atoms with E-state index in [1.807, 2.05) is 19.1 Å². The van der Waals surface area contributed by atoms with E-state index in [4.69, 9.17) is 17.3 Å². The van der Waals surface area contributed by atoms with Crippen LogP contribution in [0.2, 0.25) is 5.02 Å². The first kappa shape index (κ1) is 15.8. The first-order valence-electron chi connectivity index (χ1n) is 6.41. The molecule has 6 heteroatoms. The van der Waals surface area contributed by atoms with Crippen molar-refractivity contribution in [3.8, 4) is 0 Å². The summed E-state index contributed by atoms with van der Waals surface area (Å²) in [4.78, 5) is 0.222. The van der Waals surface area contributed by atoms with E-state index in [1.54, 1.807) is 31.3 Å². The van der Waals surface area contributed by atoms with Gasteiger partial charge in [0.25, 0.3) is 0 Å². The van der Waals surface area contributed by atoms with Crippen molar-refractivity contribution in [3.05, 3.63) is 59.1 Å². The highest BCUT2D eigenvalue weighted by molar-refractivity contribution is 7.89. The third kappa shape index (κ3) is 3.37. The number of hydrogen-bond donors (Lipinski definition) is 1. The van der Waals surface area contributed by atoms with E-state index in [9.17, 15) is 8.42 Å². The lowest BCUT2D eigenvalue weighted by Gasteiger charge is -2.24. The van der Waals surface area contributed by atoms with Gasteiger partial charge in [0.2, 0.25) is 10.0 Å². The number of nitrogen functional groups attached to an aromatic ring is 1. The van der Waals surface area contributed by atoms with Crippen molar-refractivity contribution in [2.75, 3.05) is 12.8 Å². The summed E-state index contributed by atoms with van der Waals surface area (Å²) in [5.41, 5.74) is 7.00. The van der Waals surface area contributed by atoms with E-state index < -0.39 is 10.0 Å². The van der Waals surface area contributed by atoms with Crippen LogP contribution < -0.4 is 5.73 Å². The largest absolute Gasteiger partial charge is 0.399 e. The number of halogens is 1. The standard InChI is InChI=1S/C15H17ClN2O2S/c1-11(12-3-5-13(16)6-4-12)18(2)21(19,20)15-9-7-14(17)8-10-15/h3-11H,17H2,1-2H3. The minimum Gasteiger partial charge on any atom is -0.399 e. The van der Waals surface area contributed by atoms with Crippen LogP contribution in [-0.4, -0.2) is 19.8 Å². The molecule has 2 N–H and O–H groups in total. The molecule has 0 spiro atoms. The molecule has 112 valence electrons. The van der Waals surface area contributed by atoms with Crippen molar-refractivity contribution >= 4 is 27.3 Å². The minimum absolute atomic E-state index is 0.222. The molecule has 0 bridgehead atoms. The first-order chi connectivity index (χ1) is 9.82. The number of nitrogens with two attached hydrogens (primary N) is 1. The number of sulfonamides is 1. The summed E-state index contributed by atoms with van der Waals surface area (Å²) in [5.74, 6) is 0. The SMILES string of the molecule is CC(c1ccc(Cl)cc1)N(C)S(=O)(=O)c1ccc(N)cc1. The van der Waals surface area contributed by atoms with E-state index in [2.05, 4.69) is 0 Å². The summed E-state index contributed by atoms with van der Waals surface area (Å²) >= 11 is 5.85. The van der Waals surface area contributed by atoms with E-state index >= 15 is 0 Å². The summed E-state index contributed by atoms with van der Waals surface area (Å²) in [6, 6.07) is 13.0. The Morgan fingerprint density at radius 3 is 2.10 bits per heavy atom. The number of nitrogens with zero attached hydrogens (tertiary/aromatic N) is 1. The van der Waals surface area contributed by atoms with E-state index in [0.717, 1.165) is 5.56 Å². The van der Waals surface area contributed by atoms with Gasteiger partial charge >= 0.3 is 0 Å². The van der Waals surface area contributed by atoms with Crippen LogP contribution in [0, 0.1) is 0 Å².